The molecule has 0 unspecified atom stereocenters. The molecule has 6 heteroatoms. The molecule has 5 rings (SSSR count). The van der Waals surface area contributed by atoms with Crippen molar-refractivity contribution in [3.05, 3.63) is 126 Å². The zero-order valence-corrected chi connectivity index (χ0v) is 19.9. The van der Waals surface area contributed by atoms with Crippen LogP contribution < -0.4 is 0 Å². The van der Waals surface area contributed by atoms with Crippen molar-refractivity contribution in [3.63, 3.8) is 0 Å². The van der Waals surface area contributed by atoms with E-state index in [1.54, 1.807) is 30.5 Å². The van der Waals surface area contributed by atoms with Crippen LogP contribution in [0.15, 0.2) is 97.3 Å². The molecule has 0 saturated carbocycles. The Bertz CT molecular complexity index is 1610. The first-order chi connectivity index (χ1) is 18.0. The van der Waals surface area contributed by atoms with Crippen LogP contribution in [0, 0.1) is 23.0 Å². The van der Waals surface area contributed by atoms with Gasteiger partial charge in [-0.2, -0.15) is 5.26 Å². The van der Waals surface area contributed by atoms with Crippen LogP contribution in [0.3, 0.4) is 0 Å². The summed E-state index contributed by atoms with van der Waals surface area (Å²) in [4.78, 5) is 18.0. The lowest BCUT2D eigenvalue weighted by molar-refractivity contribution is -0.119. The molecule has 0 aliphatic rings. The molecule has 182 valence electrons. The zero-order chi connectivity index (χ0) is 25.8. The highest BCUT2D eigenvalue weighted by molar-refractivity contribution is 5.84. The van der Waals surface area contributed by atoms with Gasteiger partial charge >= 0.3 is 0 Å². The molecule has 2 heterocycles. The summed E-state index contributed by atoms with van der Waals surface area (Å²) >= 11 is 0. The SMILES string of the molecule is N#Cc1cccc(-c2cccnc2[C@@H](CC(=O)Cn2ccc3ccccc32)Cc2cc(F)cc(F)c2)c1. The van der Waals surface area contributed by atoms with Gasteiger partial charge < -0.3 is 4.57 Å². The maximum Gasteiger partial charge on any atom is 0.153 e. The number of nitrogens with zero attached hydrogens (tertiary/aromatic N) is 3. The van der Waals surface area contributed by atoms with Crippen molar-refractivity contribution in [3.8, 4) is 17.2 Å². The van der Waals surface area contributed by atoms with Gasteiger partial charge in [-0.3, -0.25) is 9.78 Å². The predicted molar refractivity (Wildman–Crippen MR) is 139 cm³/mol. The fourth-order valence-corrected chi connectivity index (χ4v) is 4.83. The van der Waals surface area contributed by atoms with Crippen molar-refractivity contribution in [2.24, 2.45) is 0 Å². The number of ketones is 1. The predicted octanol–water partition coefficient (Wildman–Crippen LogP) is 6.84. The first kappa shape index (κ1) is 24.1. The number of benzene rings is 3. The Morgan fingerprint density at radius 1 is 0.946 bits per heavy atom. The Morgan fingerprint density at radius 3 is 2.57 bits per heavy atom. The third-order valence-corrected chi connectivity index (χ3v) is 6.43. The molecular weight excluding hydrogens is 468 g/mol. The number of rotatable bonds is 8. The number of nitriles is 1. The molecule has 0 spiro atoms. The van der Waals surface area contributed by atoms with Gasteiger partial charge in [-0.1, -0.05) is 36.4 Å². The number of Topliss-reactive ketones (excluding diaryl/α,β-unsaturated/α-hetero) is 1. The van der Waals surface area contributed by atoms with Gasteiger partial charge in [0.05, 0.1) is 23.9 Å². The Labute approximate surface area is 213 Å². The zero-order valence-electron chi connectivity index (χ0n) is 19.9. The van der Waals surface area contributed by atoms with Crippen LogP contribution in [-0.4, -0.2) is 15.3 Å². The number of para-hydroxylation sites is 1. The fraction of sp³-hybridized carbons (Fsp3) is 0.129. The van der Waals surface area contributed by atoms with E-state index in [1.807, 2.05) is 53.2 Å². The van der Waals surface area contributed by atoms with Crippen molar-refractivity contribution in [1.29, 1.82) is 5.26 Å². The van der Waals surface area contributed by atoms with E-state index in [0.717, 1.165) is 28.1 Å². The maximum atomic E-state index is 14.0. The normalized spacial score (nSPS) is 11.8. The number of pyridine rings is 1. The highest BCUT2D eigenvalue weighted by Gasteiger charge is 2.23. The minimum absolute atomic E-state index is 0.0226. The molecule has 0 N–H and O–H groups in total. The summed E-state index contributed by atoms with van der Waals surface area (Å²) < 4.78 is 29.9. The Balaban J connectivity index is 1.51. The van der Waals surface area contributed by atoms with Gasteiger partial charge in [-0.15, -0.1) is 0 Å². The summed E-state index contributed by atoms with van der Waals surface area (Å²) in [6, 6.07) is 26.2. The van der Waals surface area contributed by atoms with E-state index in [2.05, 4.69) is 11.1 Å². The van der Waals surface area contributed by atoms with Crippen molar-refractivity contribution < 1.29 is 13.6 Å². The summed E-state index contributed by atoms with van der Waals surface area (Å²) in [6.07, 6.45) is 3.90. The fourth-order valence-electron chi connectivity index (χ4n) is 4.83. The summed E-state index contributed by atoms with van der Waals surface area (Å²) in [5.41, 5.74) is 4.14. The van der Waals surface area contributed by atoms with Gasteiger partial charge in [-0.25, -0.2) is 8.78 Å². The van der Waals surface area contributed by atoms with Gasteiger partial charge in [0.1, 0.15) is 11.6 Å². The number of hydrogen-bond acceptors (Lipinski definition) is 3. The third-order valence-electron chi connectivity index (χ3n) is 6.43. The van der Waals surface area contributed by atoms with Gasteiger partial charge in [0.2, 0.25) is 0 Å². The van der Waals surface area contributed by atoms with Gasteiger partial charge in [0.25, 0.3) is 0 Å². The molecule has 5 aromatic rings. The molecule has 2 aromatic heterocycles. The van der Waals surface area contributed by atoms with Crippen LogP contribution >= 0.6 is 0 Å². The molecule has 0 saturated heterocycles. The number of halogens is 2. The highest BCUT2D eigenvalue weighted by Crippen LogP contribution is 2.33. The number of fused-ring (bicyclic) bond motifs is 1. The molecule has 0 radical (unpaired) electrons. The largest absolute Gasteiger partial charge is 0.340 e. The summed E-state index contributed by atoms with van der Waals surface area (Å²) in [5, 5.41) is 10.4. The quantitative estimate of drug-likeness (QED) is 0.239. The van der Waals surface area contributed by atoms with Crippen LogP contribution in [0.5, 0.6) is 0 Å². The Hall–Kier alpha value is -4.63. The maximum absolute atomic E-state index is 14.0. The van der Waals surface area contributed by atoms with Crippen LogP contribution in [-0.2, 0) is 17.8 Å². The Morgan fingerprint density at radius 2 is 1.76 bits per heavy atom. The van der Waals surface area contributed by atoms with E-state index >= 15 is 0 Å². The lowest BCUT2D eigenvalue weighted by Gasteiger charge is -2.20. The van der Waals surface area contributed by atoms with Crippen LogP contribution in [0.1, 0.15) is 29.2 Å². The minimum Gasteiger partial charge on any atom is -0.340 e. The van der Waals surface area contributed by atoms with E-state index in [4.69, 9.17) is 0 Å². The number of aromatic nitrogens is 2. The topological polar surface area (TPSA) is 58.7 Å². The van der Waals surface area contributed by atoms with Crippen LogP contribution in [0.2, 0.25) is 0 Å². The van der Waals surface area contributed by atoms with Crippen molar-refractivity contribution in [2.75, 3.05) is 0 Å². The molecule has 4 nitrogen and oxygen atoms in total. The van der Waals surface area contributed by atoms with Crippen LogP contribution in [0.4, 0.5) is 8.78 Å². The molecular formula is C31H23F2N3O. The minimum atomic E-state index is -0.665. The second-order valence-electron chi connectivity index (χ2n) is 9.05. The van der Waals surface area contributed by atoms with E-state index in [-0.39, 0.29) is 25.2 Å². The molecule has 3 aromatic carbocycles. The molecule has 37 heavy (non-hydrogen) atoms. The van der Waals surface area contributed by atoms with Crippen molar-refractivity contribution >= 4 is 16.7 Å². The summed E-state index contributed by atoms with van der Waals surface area (Å²) in [7, 11) is 0. The summed E-state index contributed by atoms with van der Waals surface area (Å²) in [5.74, 6) is -1.79. The highest BCUT2D eigenvalue weighted by atomic mass is 19.1. The molecule has 0 amide bonds. The molecule has 0 bridgehead atoms. The smallest absolute Gasteiger partial charge is 0.153 e. The van der Waals surface area contributed by atoms with E-state index in [0.29, 0.717) is 16.8 Å². The van der Waals surface area contributed by atoms with Crippen molar-refractivity contribution in [2.45, 2.75) is 25.3 Å². The number of carbonyl (C=O) groups is 1. The molecule has 0 aliphatic carbocycles. The average Bonchev–Trinajstić information content (AvgIpc) is 3.30. The molecule has 0 aliphatic heterocycles. The first-order valence-corrected chi connectivity index (χ1v) is 12.0. The Kier molecular flexibility index (Phi) is 6.87. The second-order valence-corrected chi connectivity index (χ2v) is 9.05. The van der Waals surface area contributed by atoms with Crippen molar-refractivity contribution in [1.82, 2.24) is 9.55 Å². The average molecular weight is 492 g/mol. The lowest BCUT2D eigenvalue weighted by Crippen LogP contribution is -2.16. The van der Waals surface area contributed by atoms with E-state index in [1.165, 1.54) is 12.1 Å². The van der Waals surface area contributed by atoms with E-state index < -0.39 is 17.6 Å². The second kappa shape index (κ2) is 10.5. The van der Waals surface area contributed by atoms with E-state index in [9.17, 15) is 18.8 Å². The van der Waals surface area contributed by atoms with Gasteiger partial charge in [0, 0.05) is 41.9 Å². The lowest BCUT2D eigenvalue weighted by atomic mass is 9.86. The first-order valence-electron chi connectivity index (χ1n) is 12.0. The molecule has 1 atom stereocenters. The summed E-state index contributed by atoms with van der Waals surface area (Å²) in [6.45, 7) is 0.174. The van der Waals surface area contributed by atoms with Gasteiger partial charge in [0.15, 0.2) is 5.78 Å². The third kappa shape index (κ3) is 5.46. The number of carbonyl (C=O) groups excluding carboxylic acids is 1. The van der Waals surface area contributed by atoms with Gasteiger partial charge in [-0.05, 0) is 65.4 Å². The standard InChI is InChI=1S/C31H23F2N3O/c32-26-15-22(16-27(33)18-26)14-25(17-28(37)20-36-12-10-23-6-1-2-9-30(23)36)31-29(8-4-11-35-31)24-7-3-5-21(13-24)19-34/h1-13,15-16,18,25H,14,17,20H2/t25-/m1/s1. The number of hydrogen-bond donors (Lipinski definition) is 0. The monoisotopic (exact) mass is 491 g/mol. The van der Waals surface area contributed by atoms with Crippen LogP contribution in [0.25, 0.3) is 22.0 Å². The molecule has 0 fully saturated rings.